The van der Waals surface area contributed by atoms with E-state index in [2.05, 4.69) is 0 Å². The molecule has 0 unspecified atom stereocenters. The molecule has 2 rings (SSSR count). The lowest BCUT2D eigenvalue weighted by atomic mass is 9.95. The van der Waals surface area contributed by atoms with Gasteiger partial charge in [0, 0.05) is 12.3 Å². The fourth-order valence-electron chi connectivity index (χ4n) is 3.41. The summed E-state index contributed by atoms with van der Waals surface area (Å²) in [5.41, 5.74) is 0.0726. The summed E-state index contributed by atoms with van der Waals surface area (Å²) in [7, 11) is 0. The summed E-state index contributed by atoms with van der Waals surface area (Å²) in [4.78, 5) is 38.6. The van der Waals surface area contributed by atoms with E-state index < -0.39 is 54.5 Å². The van der Waals surface area contributed by atoms with Crippen LogP contribution in [0.2, 0.25) is 0 Å². The lowest BCUT2D eigenvalue weighted by molar-refractivity contribution is -0.158. The maximum absolute atomic E-state index is 13.1. The summed E-state index contributed by atoms with van der Waals surface area (Å²) in [6, 6.07) is 8.56. The molecule has 1 aromatic rings. The van der Waals surface area contributed by atoms with Gasteiger partial charge in [-0.3, -0.25) is 9.59 Å². The van der Waals surface area contributed by atoms with Crippen molar-refractivity contribution in [1.29, 1.82) is 0 Å². The average molecular weight is 443 g/mol. The first-order valence-electron chi connectivity index (χ1n) is 10.2. The van der Waals surface area contributed by atoms with E-state index in [1.165, 1.54) is 0 Å². The Morgan fingerprint density at radius 2 is 1.84 bits per heavy atom. The highest BCUT2D eigenvalue weighted by Gasteiger charge is 2.42. The van der Waals surface area contributed by atoms with E-state index in [4.69, 9.17) is 9.47 Å². The lowest BCUT2D eigenvalue weighted by Crippen LogP contribution is -2.44. The number of halogens is 3. The first-order valence-corrected chi connectivity index (χ1v) is 10.2. The smallest absolute Gasteiger partial charge is 0.416 e. The number of amides is 2. The largest absolute Gasteiger partial charge is 0.460 e. The van der Waals surface area contributed by atoms with Crippen molar-refractivity contribution in [3.05, 3.63) is 35.9 Å². The SMILES string of the molecule is CC(C)(C)OC(=O)C[C@@H](CCCC(F)(F)F)C(=O)N1C(=O)OC[C@@H]1Cc1ccccc1. The second kappa shape index (κ2) is 10.2. The summed E-state index contributed by atoms with van der Waals surface area (Å²) >= 11 is 0. The van der Waals surface area contributed by atoms with Crippen molar-refractivity contribution >= 4 is 18.0 Å². The third kappa shape index (κ3) is 8.22. The van der Waals surface area contributed by atoms with E-state index in [0.717, 1.165) is 10.5 Å². The van der Waals surface area contributed by atoms with Crippen LogP contribution in [0.15, 0.2) is 30.3 Å². The number of carbonyl (C=O) groups is 3. The standard InChI is InChI=1S/C22H28F3NO5/c1-21(2,3)31-18(27)13-16(10-7-11-22(23,24)25)19(28)26-17(14-30-20(26)29)12-15-8-5-4-6-9-15/h4-6,8-9,16-17H,7,10-14H2,1-3H3/t16-,17+/m1/s1. The summed E-state index contributed by atoms with van der Waals surface area (Å²) in [5.74, 6) is -2.53. The summed E-state index contributed by atoms with van der Waals surface area (Å²) in [6.45, 7) is 4.94. The highest BCUT2D eigenvalue weighted by Crippen LogP contribution is 2.28. The molecule has 0 bridgehead atoms. The van der Waals surface area contributed by atoms with Crippen LogP contribution in [0.1, 0.15) is 52.0 Å². The quantitative estimate of drug-likeness (QED) is 0.547. The monoisotopic (exact) mass is 443 g/mol. The van der Waals surface area contributed by atoms with Crippen LogP contribution in [-0.2, 0) is 25.5 Å². The number of benzene rings is 1. The molecule has 6 nitrogen and oxygen atoms in total. The minimum atomic E-state index is -4.37. The molecule has 31 heavy (non-hydrogen) atoms. The van der Waals surface area contributed by atoms with E-state index >= 15 is 0 Å². The van der Waals surface area contributed by atoms with Gasteiger partial charge in [-0.2, -0.15) is 13.2 Å². The van der Waals surface area contributed by atoms with Crippen LogP contribution >= 0.6 is 0 Å². The molecule has 1 heterocycles. The minimum Gasteiger partial charge on any atom is -0.460 e. The second-order valence-electron chi connectivity index (χ2n) is 8.62. The van der Waals surface area contributed by atoms with Gasteiger partial charge in [0.05, 0.1) is 12.5 Å². The van der Waals surface area contributed by atoms with E-state index in [1.54, 1.807) is 20.8 Å². The molecule has 1 aliphatic heterocycles. The third-order valence-corrected chi connectivity index (χ3v) is 4.71. The van der Waals surface area contributed by atoms with Gasteiger partial charge in [0.2, 0.25) is 5.91 Å². The number of hydrogen-bond donors (Lipinski definition) is 0. The van der Waals surface area contributed by atoms with Gasteiger partial charge >= 0.3 is 18.2 Å². The van der Waals surface area contributed by atoms with Gasteiger partial charge in [-0.1, -0.05) is 30.3 Å². The molecule has 0 N–H and O–H groups in total. The fourth-order valence-corrected chi connectivity index (χ4v) is 3.41. The molecule has 1 aliphatic rings. The molecule has 0 aromatic heterocycles. The number of imide groups is 1. The van der Waals surface area contributed by atoms with Crippen LogP contribution in [0.5, 0.6) is 0 Å². The van der Waals surface area contributed by atoms with Gasteiger partial charge < -0.3 is 9.47 Å². The van der Waals surface area contributed by atoms with Crippen molar-refractivity contribution in [2.75, 3.05) is 6.61 Å². The Bertz CT molecular complexity index is 774. The highest BCUT2D eigenvalue weighted by molar-refractivity contribution is 5.96. The maximum Gasteiger partial charge on any atom is 0.416 e. The summed E-state index contributed by atoms with van der Waals surface area (Å²) in [5, 5.41) is 0. The molecule has 0 spiro atoms. The first kappa shape index (κ1) is 24.7. The molecule has 1 aromatic carbocycles. The second-order valence-corrected chi connectivity index (χ2v) is 8.62. The number of alkyl halides is 3. The zero-order valence-electron chi connectivity index (χ0n) is 17.9. The Morgan fingerprint density at radius 3 is 2.42 bits per heavy atom. The average Bonchev–Trinajstić information content (AvgIpc) is 2.99. The lowest BCUT2D eigenvalue weighted by Gasteiger charge is -2.26. The van der Waals surface area contributed by atoms with Crippen LogP contribution < -0.4 is 0 Å². The van der Waals surface area contributed by atoms with E-state index in [-0.39, 0.29) is 19.4 Å². The van der Waals surface area contributed by atoms with Crippen LogP contribution in [0.4, 0.5) is 18.0 Å². The molecular weight excluding hydrogens is 415 g/mol. The molecular formula is C22H28F3NO5. The molecule has 9 heteroatoms. The van der Waals surface area contributed by atoms with Gasteiger partial charge in [-0.05, 0) is 45.6 Å². The topological polar surface area (TPSA) is 72.9 Å². The van der Waals surface area contributed by atoms with Crippen molar-refractivity contribution in [3.8, 4) is 0 Å². The molecule has 0 radical (unpaired) electrons. The van der Waals surface area contributed by atoms with Gasteiger partial charge in [0.1, 0.15) is 12.2 Å². The van der Waals surface area contributed by atoms with Crippen LogP contribution in [0.25, 0.3) is 0 Å². The Morgan fingerprint density at radius 1 is 1.19 bits per heavy atom. The summed E-state index contributed by atoms with van der Waals surface area (Å²) < 4.78 is 48.1. The minimum absolute atomic E-state index is 0.0127. The zero-order chi connectivity index (χ0) is 23.2. The number of carbonyl (C=O) groups excluding carboxylic acids is 3. The number of cyclic esters (lactones) is 1. The van der Waals surface area contributed by atoms with Crippen LogP contribution in [0, 0.1) is 5.92 Å². The van der Waals surface area contributed by atoms with Crippen molar-refractivity contribution in [3.63, 3.8) is 0 Å². The van der Waals surface area contributed by atoms with Gasteiger partial charge in [-0.25, -0.2) is 9.69 Å². The Labute approximate surface area is 179 Å². The van der Waals surface area contributed by atoms with Crippen LogP contribution in [-0.4, -0.2) is 47.3 Å². The van der Waals surface area contributed by atoms with Gasteiger partial charge in [0.15, 0.2) is 0 Å². The predicted molar refractivity (Wildman–Crippen MR) is 106 cm³/mol. The Hall–Kier alpha value is -2.58. The fraction of sp³-hybridized carbons (Fsp3) is 0.591. The van der Waals surface area contributed by atoms with Gasteiger partial charge in [-0.15, -0.1) is 0 Å². The normalized spacial score (nSPS) is 17.9. The van der Waals surface area contributed by atoms with Crippen molar-refractivity contribution in [2.24, 2.45) is 5.92 Å². The Kier molecular flexibility index (Phi) is 8.08. The molecule has 0 saturated carbocycles. The molecule has 172 valence electrons. The zero-order valence-corrected chi connectivity index (χ0v) is 17.9. The Balaban J connectivity index is 2.15. The van der Waals surface area contributed by atoms with E-state index in [0.29, 0.717) is 6.42 Å². The number of hydrogen-bond acceptors (Lipinski definition) is 5. The molecule has 2 atom stereocenters. The third-order valence-electron chi connectivity index (χ3n) is 4.71. The molecule has 0 aliphatic carbocycles. The molecule has 1 fully saturated rings. The number of esters is 1. The number of ether oxygens (including phenoxy) is 2. The first-order chi connectivity index (χ1) is 14.4. The van der Waals surface area contributed by atoms with Gasteiger partial charge in [0.25, 0.3) is 0 Å². The van der Waals surface area contributed by atoms with Crippen molar-refractivity contribution < 1.29 is 37.0 Å². The maximum atomic E-state index is 13.1. The van der Waals surface area contributed by atoms with Crippen LogP contribution in [0.3, 0.4) is 0 Å². The highest BCUT2D eigenvalue weighted by atomic mass is 19.4. The summed E-state index contributed by atoms with van der Waals surface area (Å²) in [6.07, 6.45) is -6.90. The van der Waals surface area contributed by atoms with E-state index in [1.807, 2.05) is 30.3 Å². The van der Waals surface area contributed by atoms with Crippen molar-refractivity contribution in [1.82, 2.24) is 4.90 Å². The molecule has 2 amide bonds. The number of rotatable bonds is 8. The van der Waals surface area contributed by atoms with Crippen molar-refractivity contribution in [2.45, 2.75) is 70.7 Å². The predicted octanol–water partition coefficient (Wildman–Crippen LogP) is 4.66. The molecule has 1 saturated heterocycles. The van der Waals surface area contributed by atoms with E-state index in [9.17, 15) is 27.6 Å². The number of nitrogens with zero attached hydrogens (tertiary/aromatic N) is 1.